The van der Waals surface area contributed by atoms with E-state index in [1.807, 2.05) is 6.20 Å². The van der Waals surface area contributed by atoms with Crippen LogP contribution in [-0.2, 0) is 0 Å². The molecule has 0 aliphatic heterocycles. The van der Waals surface area contributed by atoms with Crippen LogP contribution in [0.2, 0.25) is 0 Å². The molecule has 1 atom stereocenters. The molecule has 1 aliphatic rings. The maximum absolute atomic E-state index is 4.47. The van der Waals surface area contributed by atoms with Crippen LogP contribution in [0.25, 0.3) is 0 Å². The van der Waals surface area contributed by atoms with Crippen molar-refractivity contribution in [2.45, 2.75) is 70.9 Å². The van der Waals surface area contributed by atoms with E-state index in [-0.39, 0.29) is 0 Å². The number of hydrogen-bond acceptors (Lipinski definition) is 2. The summed E-state index contributed by atoms with van der Waals surface area (Å²) in [4.78, 5) is 4.47. The molecular formula is C15H27N3. The van der Waals surface area contributed by atoms with Gasteiger partial charge in [-0.2, -0.15) is 0 Å². The average molecular weight is 249 g/mol. The van der Waals surface area contributed by atoms with Crippen molar-refractivity contribution in [3.63, 3.8) is 0 Å². The molecule has 0 aromatic carbocycles. The molecule has 0 amide bonds. The van der Waals surface area contributed by atoms with E-state index < -0.39 is 0 Å². The third kappa shape index (κ3) is 3.35. The normalized spacial score (nSPS) is 19.3. The highest BCUT2D eigenvalue weighted by Gasteiger charge is 2.16. The van der Waals surface area contributed by atoms with Gasteiger partial charge in [0.1, 0.15) is 5.82 Å². The van der Waals surface area contributed by atoms with E-state index in [2.05, 4.69) is 41.8 Å². The van der Waals surface area contributed by atoms with Crippen molar-refractivity contribution >= 4 is 0 Å². The lowest BCUT2D eigenvalue weighted by Gasteiger charge is -2.26. The highest BCUT2D eigenvalue weighted by molar-refractivity contribution is 4.99. The molecule has 18 heavy (non-hydrogen) atoms. The lowest BCUT2D eigenvalue weighted by molar-refractivity contribution is 0.348. The van der Waals surface area contributed by atoms with Crippen LogP contribution in [0.1, 0.15) is 70.7 Å². The maximum atomic E-state index is 4.47. The summed E-state index contributed by atoms with van der Waals surface area (Å²) in [5.74, 6) is 1.70. The van der Waals surface area contributed by atoms with Gasteiger partial charge in [-0.15, -0.1) is 0 Å². The number of imidazole rings is 1. The zero-order valence-corrected chi connectivity index (χ0v) is 12.0. The fourth-order valence-corrected chi connectivity index (χ4v) is 2.89. The number of aromatic nitrogens is 2. The summed E-state index contributed by atoms with van der Waals surface area (Å²) < 4.78 is 2.32. The molecule has 1 aromatic heterocycles. The summed E-state index contributed by atoms with van der Waals surface area (Å²) in [6.45, 7) is 7.75. The summed E-state index contributed by atoms with van der Waals surface area (Å²) in [7, 11) is 0. The zero-order chi connectivity index (χ0) is 13.0. The van der Waals surface area contributed by atoms with Crippen molar-refractivity contribution in [3.05, 3.63) is 18.2 Å². The Labute approximate surface area is 111 Å². The third-order valence-electron chi connectivity index (χ3n) is 4.00. The predicted octanol–water partition coefficient (Wildman–Crippen LogP) is 3.49. The summed E-state index contributed by atoms with van der Waals surface area (Å²) in [5.41, 5.74) is 0. The first-order valence-electron chi connectivity index (χ1n) is 7.44. The Morgan fingerprint density at radius 1 is 1.28 bits per heavy atom. The van der Waals surface area contributed by atoms with Crippen LogP contribution in [0.4, 0.5) is 0 Å². The molecule has 0 saturated heterocycles. The van der Waals surface area contributed by atoms with Gasteiger partial charge in [0.05, 0.1) is 0 Å². The Morgan fingerprint density at radius 2 is 2.00 bits per heavy atom. The molecule has 2 rings (SSSR count). The Morgan fingerprint density at radius 3 is 2.67 bits per heavy atom. The molecule has 1 N–H and O–H groups in total. The van der Waals surface area contributed by atoms with Gasteiger partial charge >= 0.3 is 0 Å². The molecule has 1 aromatic rings. The molecule has 1 fully saturated rings. The van der Waals surface area contributed by atoms with Crippen molar-refractivity contribution < 1.29 is 0 Å². The molecule has 102 valence electrons. The Balaban J connectivity index is 1.86. The lowest BCUT2D eigenvalue weighted by atomic mass is 9.95. The maximum Gasteiger partial charge on any atom is 0.111 e. The Kier molecular flexibility index (Phi) is 4.81. The average Bonchev–Trinajstić information content (AvgIpc) is 2.86. The van der Waals surface area contributed by atoms with E-state index in [9.17, 15) is 0 Å². The fourth-order valence-electron chi connectivity index (χ4n) is 2.89. The monoisotopic (exact) mass is 249 g/mol. The quantitative estimate of drug-likeness (QED) is 0.865. The van der Waals surface area contributed by atoms with E-state index in [4.69, 9.17) is 0 Å². The van der Waals surface area contributed by atoms with E-state index in [0.717, 1.165) is 12.6 Å². The van der Waals surface area contributed by atoms with Gasteiger partial charge in [-0.3, -0.25) is 0 Å². The Bertz CT molecular complexity index is 350. The van der Waals surface area contributed by atoms with Gasteiger partial charge in [-0.25, -0.2) is 4.98 Å². The van der Waals surface area contributed by atoms with Gasteiger partial charge in [-0.1, -0.05) is 33.1 Å². The second-order valence-electron chi connectivity index (χ2n) is 5.94. The summed E-state index contributed by atoms with van der Waals surface area (Å²) in [5, 5.41) is 3.73. The highest BCUT2D eigenvalue weighted by atomic mass is 15.1. The molecule has 1 heterocycles. The van der Waals surface area contributed by atoms with Gasteiger partial charge in [0.2, 0.25) is 0 Å². The number of nitrogens with one attached hydrogen (secondary N) is 1. The van der Waals surface area contributed by atoms with Crippen molar-refractivity contribution in [2.24, 2.45) is 0 Å². The highest BCUT2D eigenvalue weighted by Crippen LogP contribution is 2.19. The lowest BCUT2D eigenvalue weighted by Crippen LogP contribution is -2.35. The van der Waals surface area contributed by atoms with Crippen LogP contribution in [-0.4, -0.2) is 22.1 Å². The first kappa shape index (κ1) is 13.6. The molecule has 1 unspecified atom stereocenters. The molecule has 0 spiro atoms. The standard InChI is InChI=1S/C15H27N3/c1-12(2)15-16-9-10-18(15)13(3)11-17-14-7-5-4-6-8-14/h9-10,12-14,17H,4-8,11H2,1-3H3. The van der Waals surface area contributed by atoms with Crippen LogP contribution in [0.3, 0.4) is 0 Å². The first-order valence-corrected chi connectivity index (χ1v) is 7.44. The van der Waals surface area contributed by atoms with Crippen molar-refractivity contribution in [1.29, 1.82) is 0 Å². The fraction of sp³-hybridized carbons (Fsp3) is 0.800. The van der Waals surface area contributed by atoms with Crippen LogP contribution in [0.5, 0.6) is 0 Å². The SMILES string of the molecule is CC(C)c1nccn1C(C)CNC1CCCCC1. The molecule has 3 nitrogen and oxygen atoms in total. The van der Waals surface area contributed by atoms with Gasteiger partial charge in [0, 0.05) is 36.9 Å². The molecular weight excluding hydrogens is 222 g/mol. The number of hydrogen-bond donors (Lipinski definition) is 1. The third-order valence-corrected chi connectivity index (χ3v) is 4.00. The largest absolute Gasteiger partial charge is 0.331 e. The van der Waals surface area contributed by atoms with E-state index in [1.54, 1.807) is 0 Å². The van der Waals surface area contributed by atoms with Gasteiger partial charge in [0.25, 0.3) is 0 Å². The predicted molar refractivity (Wildman–Crippen MR) is 75.9 cm³/mol. The van der Waals surface area contributed by atoms with E-state index in [1.165, 1.54) is 37.9 Å². The molecule has 1 aliphatic carbocycles. The van der Waals surface area contributed by atoms with E-state index >= 15 is 0 Å². The molecule has 0 bridgehead atoms. The van der Waals surface area contributed by atoms with Crippen LogP contribution >= 0.6 is 0 Å². The molecule has 3 heteroatoms. The summed E-state index contributed by atoms with van der Waals surface area (Å²) in [6, 6.07) is 1.24. The number of rotatable bonds is 5. The second kappa shape index (κ2) is 6.37. The minimum absolute atomic E-state index is 0.492. The first-order chi connectivity index (χ1) is 8.68. The zero-order valence-electron chi connectivity index (χ0n) is 12.0. The number of nitrogens with zero attached hydrogens (tertiary/aromatic N) is 2. The van der Waals surface area contributed by atoms with Crippen molar-refractivity contribution in [3.8, 4) is 0 Å². The van der Waals surface area contributed by atoms with Gasteiger partial charge in [-0.05, 0) is 19.8 Å². The summed E-state index contributed by atoms with van der Waals surface area (Å²) >= 11 is 0. The smallest absolute Gasteiger partial charge is 0.111 e. The van der Waals surface area contributed by atoms with Crippen LogP contribution in [0, 0.1) is 0 Å². The van der Waals surface area contributed by atoms with Crippen molar-refractivity contribution in [1.82, 2.24) is 14.9 Å². The minimum atomic E-state index is 0.492. The van der Waals surface area contributed by atoms with Gasteiger partial charge in [0.15, 0.2) is 0 Å². The molecule has 0 radical (unpaired) electrons. The topological polar surface area (TPSA) is 29.9 Å². The summed E-state index contributed by atoms with van der Waals surface area (Å²) in [6.07, 6.45) is 11.0. The molecule has 1 saturated carbocycles. The minimum Gasteiger partial charge on any atom is -0.331 e. The van der Waals surface area contributed by atoms with E-state index in [0.29, 0.717) is 12.0 Å². The Hall–Kier alpha value is -0.830. The van der Waals surface area contributed by atoms with Crippen LogP contribution in [0.15, 0.2) is 12.4 Å². The van der Waals surface area contributed by atoms with Crippen LogP contribution < -0.4 is 5.32 Å². The second-order valence-corrected chi connectivity index (χ2v) is 5.94. The van der Waals surface area contributed by atoms with Crippen molar-refractivity contribution in [2.75, 3.05) is 6.54 Å². The van der Waals surface area contributed by atoms with Gasteiger partial charge < -0.3 is 9.88 Å².